The number of benzene rings is 1. The molecule has 4 heterocycles. The minimum atomic E-state index is 0.704. The first-order chi connectivity index (χ1) is 13.3. The zero-order valence-electron chi connectivity index (χ0n) is 14.9. The molecule has 0 aliphatic carbocycles. The molecule has 1 aliphatic rings. The number of nitrogens with one attached hydrogen (secondary N) is 1. The summed E-state index contributed by atoms with van der Waals surface area (Å²) < 4.78 is 2.34. The number of fused-ring (bicyclic) bond motifs is 3. The van der Waals surface area contributed by atoms with Crippen LogP contribution in [0, 0.1) is 5.92 Å². The smallest absolute Gasteiger partial charge is 0.170 e. The van der Waals surface area contributed by atoms with Crippen LogP contribution in [-0.4, -0.2) is 32.6 Å². The van der Waals surface area contributed by atoms with Gasteiger partial charge < -0.3 is 9.88 Å². The second-order valence-electron chi connectivity index (χ2n) is 7.06. The number of thiazole rings is 1. The van der Waals surface area contributed by atoms with Crippen LogP contribution in [0.4, 0.5) is 0 Å². The van der Waals surface area contributed by atoms with Gasteiger partial charge in [-0.2, -0.15) is 0 Å². The standard InChI is InChI=1S/C20H20ClN5S/c21-14-1-2-15-16(11-14)24-12-17-18(15)26(9-5-13-3-6-22-7-4-13)19(25-17)20-23-8-10-27-20/h1-2,8,10-13,22H,3-7,9H2. The molecule has 3 aromatic heterocycles. The second kappa shape index (κ2) is 7.19. The van der Waals surface area contributed by atoms with Gasteiger partial charge in [0.25, 0.3) is 0 Å². The summed E-state index contributed by atoms with van der Waals surface area (Å²) in [6.07, 6.45) is 7.34. The molecule has 1 fully saturated rings. The maximum Gasteiger partial charge on any atom is 0.170 e. The number of halogens is 1. The van der Waals surface area contributed by atoms with Gasteiger partial charge in [-0.25, -0.2) is 9.97 Å². The molecule has 5 nitrogen and oxygen atoms in total. The van der Waals surface area contributed by atoms with Gasteiger partial charge in [0.2, 0.25) is 0 Å². The third-order valence-electron chi connectivity index (χ3n) is 5.38. The van der Waals surface area contributed by atoms with E-state index in [9.17, 15) is 0 Å². The summed E-state index contributed by atoms with van der Waals surface area (Å²) in [4.78, 5) is 14.0. The third-order valence-corrected chi connectivity index (χ3v) is 6.38. The third kappa shape index (κ3) is 3.22. The molecule has 1 saturated heterocycles. The van der Waals surface area contributed by atoms with Crippen molar-refractivity contribution in [1.82, 2.24) is 24.8 Å². The molecular formula is C20H20ClN5S. The minimum Gasteiger partial charge on any atom is -0.321 e. The van der Waals surface area contributed by atoms with Gasteiger partial charge in [0.05, 0.1) is 17.2 Å². The van der Waals surface area contributed by atoms with E-state index in [2.05, 4.69) is 25.9 Å². The van der Waals surface area contributed by atoms with Crippen molar-refractivity contribution in [1.29, 1.82) is 0 Å². The summed E-state index contributed by atoms with van der Waals surface area (Å²) in [7, 11) is 0. The average Bonchev–Trinajstić information content (AvgIpc) is 3.34. The van der Waals surface area contributed by atoms with Crippen LogP contribution in [-0.2, 0) is 6.54 Å². The molecule has 1 aliphatic heterocycles. The highest BCUT2D eigenvalue weighted by atomic mass is 35.5. The summed E-state index contributed by atoms with van der Waals surface area (Å²) in [5, 5.41) is 8.21. The van der Waals surface area contributed by atoms with Gasteiger partial charge in [0.1, 0.15) is 5.52 Å². The molecule has 138 valence electrons. The van der Waals surface area contributed by atoms with Crippen molar-refractivity contribution in [3.05, 3.63) is 41.0 Å². The first kappa shape index (κ1) is 17.1. The SMILES string of the molecule is Clc1ccc2c(c1)ncc1nc(-c3nccs3)n(CCC3CCNCC3)c12. The van der Waals surface area contributed by atoms with Gasteiger partial charge in [0.15, 0.2) is 10.8 Å². The lowest BCUT2D eigenvalue weighted by Gasteiger charge is -2.23. The van der Waals surface area contributed by atoms with Gasteiger partial charge in [-0.1, -0.05) is 11.6 Å². The highest BCUT2D eigenvalue weighted by molar-refractivity contribution is 7.13. The number of aromatic nitrogens is 4. The first-order valence-electron chi connectivity index (χ1n) is 9.34. The zero-order chi connectivity index (χ0) is 18.2. The van der Waals surface area contributed by atoms with E-state index < -0.39 is 0 Å². The predicted octanol–water partition coefficient (Wildman–Crippen LogP) is 4.75. The van der Waals surface area contributed by atoms with Crippen molar-refractivity contribution >= 4 is 44.9 Å². The van der Waals surface area contributed by atoms with E-state index >= 15 is 0 Å². The highest BCUT2D eigenvalue weighted by Crippen LogP contribution is 2.32. The molecule has 1 aromatic carbocycles. The van der Waals surface area contributed by atoms with Crippen LogP contribution in [0.2, 0.25) is 5.02 Å². The normalized spacial score (nSPS) is 15.7. The molecule has 27 heavy (non-hydrogen) atoms. The van der Waals surface area contributed by atoms with Crippen LogP contribution in [0.15, 0.2) is 36.0 Å². The van der Waals surface area contributed by atoms with Crippen LogP contribution in [0.1, 0.15) is 19.3 Å². The van der Waals surface area contributed by atoms with Gasteiger partial charge in [-0.3, -0.25) is 4.98 Å². The number of rotatable bonds is 4. The highest BCUT2D eigenvalue weighted by Gasteiger charge is 2.19. The van der Waals surface area contributed by atoms with Crippen molar-refractivity contribution in [2.24, 2.45) is 5.92 Å². The van der Waals surface area contributed by atoms with Crippen LogP contribution in [0.5, 0.6) is 0 Å². The van der Waals surface area contributed by atoms with Crippen molar-refractivity contribution in [2.45, 2.75) is 25.8 Å². The van der Waals surface area contributed by atoms with Crippen molar-refractivity contribution in [2.75, 3.05) is 13.1 Å². The molecule has 0 amide bonds. The molecule has 0 radical (unpaired) electrons. The Hall–Kier alpha value is -2.02. The molecule has 7 heteroatoms. The molecule has 4 aromatic rings. The number of nitrogens with zero attached hydrogens (tertiary/aromatic N) is 4. The Labute approximate surface area is 166 Å². The molecule has 5 rings (SSSR count). The lowest BCUT2D eigenvalue weighted by molar-refractivity contribution is 0.340. The zero-order valence-corrected chi connectivity index (χ0v) is 16.4. The monoisotopic (exact) mass is 397 g/mol. The largest absolute Gasteiger partial charge is 0.321 e. The van der Waals surface area contributed by atoms with Gasteiger partial charge >= 0.3 is 0 Å². The molecule has 0 saturated carbocycles. The molecular weight excluding hydrogens is 378 g/mol. The van der Waals surface area contributed by atoms with E-state index in [1.165, 1.54) is 12.8 Å². The molecule has 0 unspecified atom stereocenters. The Morgan fingerprint density at radius 3 is 2.89 bits per heavy atom. The van der Waals surface area contributed by atoms with Crippen molar-refractivity contribution < 1.29 is 0 Å². The lowest BCUT2D eigenvalue weighted by Crippen LogP contribution is -2.28. The maximum atomic E-state index is 6.18. The van der Waals surface area contributed by atoms with E-state index in [0.717, 1.165) is 64.7 Å². The van der Waals surface area contributed by atoms with Crippen LogP contribution >= 0.6 is 22.9 Å². The summed E-state index contributed by atoms with van der Waals surface area (Å²) >= 11 is 7.81. The maximum absolute atomic E-state index is 6.18. The quantitative estimate of drug-likeness (QED) is 0.539. The number of hydrogen-bond acceptors (Lipinski definition) is 5. The first-order valence-corrected chi connectivity index (χ1v) is 10.6. The summed E-state index contributed by atoms with van der Waals surface area (Å²) in [5.74, 6) is 1.70. The molecule has 1 N–H and O–H groups in total. The van der Waals surface area contributed by atoms with Crippen LogP contribution in [0.3, 0.4) is 0 Å². The molecule has 0 bridgehead atoms. The van der Waals surface area contributed by atoms with E-state index in [4.69, 9.17) is 16.6 Å². The fourth-order valence-electron chi connectivity index (χ4n) is 3.98. The van der Waals surface area contributed by atoms with E-state index in [1.54, 1.807) is 11.3 Å². The van der Waals surface area contributed by atoms with Gasteiger partial charge in [0, 0.05) is 28.5 Å². The number of aryl methyl sites for hydroxylation is 1. The van der Waals surface area contributed by atoms with E-state index in [1.807, 2.05) is 29.9 Å². The van der Waals surface area contributed by atoms with E-state index in [0.29, 0.717) is 5.02 Å². The minimum absolute atomic E-state index is 0.704. The topological polar surface area (TPSA) is 55.6 Å². The average molecular weight is 398 g/mol. The number of piperidine rings is 1. The van der Waals surface area contributed by atoms with Crippen molar-refractivity contribution in [3.63, 3.8) is 0 Å². The predicted molar refractivity (Wildman–Crippen MR) is 111 cm³/mol. The molecule has 0 spiro atoms. The lowest BCUT2D eigenvalue weighted by atomic mass is 9.94. The van der Waals surface area contributed by atoms with E-state index in [-0.39, 0.29) is 0 Å². The Kier molecular flexibility index (Phi) is 4.55. The number of imidazole rings is 1. The van der Waals surface area contributed by atoms with Crippen molar-refractivity contribution in [3.8, 4) is 10.8 Å². The Morgan fingerprint density at radius 1 is 1.19 bits per heavy atom. The number of pyridine rings is 1. The van der Waals surface area contributed by atoms with Crippen LogP contribution < -0.4 is 5.32 Å². The van der Waals surface area contributed by atoms with Gasteiger partial charge in [-0.15, -0.1) is 11.3 Å². The summed E-state index contributed by atoms with van der Waals surface area (Å²) in [6, 6.07) is 5.91. The fourth-order valence-corrected chi connectivity index (χ4v) is 4.78. The Morgan fingerprint density at radius 2 is 2.07 bits per heavy atom. The molecule has 0 atom stereocenters. The van der Waals surface area contributed by atoms with Crippen LogP contribution in [0.25, 0.3) is 32.8 Å². The summed E-state index contributed by atoms with van der Waals surface area (Å²) in [5.41, 5.74) is 2.96. The van der Waals surface area contributed by atoms with Gasteiger partial charge in [-0.05, 0) is 56.5 Å². The second-order valence-corrected chi connectivity index (χ2v) is 8.39. The number of hydrogen-bond donors (Lipinski definition) is 1. The Balaban J connectivity index is 1.65. The fraction of sp³-hybridized carbons (Fsp3) is 0.350. The Bertz CT molecular complexity index is 1080. The summed E-state index contributed by atoms with van der Waals surface area (Å²) in [6.45, 7) is 3.19.